The molecule has 0 aromatic rings. The maximum Gasteiger partial charge on any atom is 0.241 e. The predicted molar refractivity (Wildman–Crippen MR) is 76.2 cm³/mol. The van der Waals surface area contributed by atoms with Crippen LogP contribution in [-0.4, -0.2) is 29.1 Å². The molecule has 1 fully saturated rings. The largest absolute Gasteiger partial charge is 0.323 e. The molecule has 0 spiro atoms. The van der Waals surface area contributed by atoms with Crippen molar-refractivity contribution >= 4 is 5.91 Å². The van der Waals surface area contributed by atoms with Crippen molar-refractivity contribution in [1.82, 2.24) is 10.2 Å². The highest BCUT2D eigenvalue weighted by molar-refractivity contribution is 5.85. The Morgan fingerprint density at radius 1 is 1.17 bits per heavy atom. The molecule has 0 bridgehead atoms. The van der Waals surface area contributed by atoms with Crippen LogP contribution in [0.4, 0.5) is 0 Å². The lowest BCUT2D eigenvalue weighted by Crippen LogP contribution is -2.48. The molecule has 1 aliphatic heterocycles. The van der Waals surface area contributed by atoms with Gasteiger partial charge in [0.25, 0.3) is 0 Å². The topological polar surface area (TPSA) is 32.3 Å². The fourth-order valence-corrected chi connectivity index (χ4v) is 2.57. The summed E-state index contributed by atoms with van der Waals surface area (Å²) in [5.41, 5.74) is 0. The summed E-state index contributed by atoms with van der Waals surface area (Å²) in [5.74, 6) is 1.64. The first kappa shape index (κ1) is 15.5. The van der Waals surface area contributed by atoms with Crippen molar-refractivity contribution in [2.75, 3.05) is 0 Å². The number of amides is 1. The maximum absolute atomic E-state index is 12.6. The van der Waals surface area contributed by atoms with Crippen molar-refractivity contribution in [3.63, 3.8) is 0 Å². The molecule has 1 heterocycles. The van der Waals surface area contributed by atoms with Crippen LogP contribution in [-0.2, 0) is 4.79 Å². The van der Waals surface area contributed by atoms with Crippen LogP contribution in [0.5, 0.6) is 0 Å². The SMILES string of the molecule is CCC(C)C1NC(C(C)C)N(C(C)C(C)C)C1=O. The number of nitrogens with one attached hydrogen (secondary N) is 1. The van der Waals surface area contributed by atoms with Crippen molar-refractivity contribution in [3.05, 3.63) is 0 Å². The average Bonchev–Trinajstić information content (AvgIpc) is 2.65. The minimum Gasteiger partial charge on any atom is -0.323 e. The zero-order chi connectivity index (χ0) is 14.0. The normalized spacial score (nSPS) is 28.3. The summed E-state index contributed by atoms with van der Waals surface area (Å²) in [4.78, 5) is 14.7. The first-order valence-corrected chi connectivity index (χ1v) is 7.39. The van der Waals surface area contributed by atoms with E-state index in [1.54, 1.807) is 0 Å². The molecule has 0 saturated carbocycles. The summed E-state index contributed by atoms with van der Waals surface area (Å²) in [6.45, 7) is 15.2. The van der Waals surface area contributed by atoms with Gasteiger partial charge in [-0.25, -0.2) is 0 Å². The fraction of sp³-hybridized carbons (Fsp3) is 0.933. The van der Waals surface area contributed by atoms with E-state index in [0.29, 0.717) is 29.7 Å². The Morgan fingerprint density at radius 2 is 1.72 bits per heavy atom. The lowest BCUT2D eigenvalue weighted by Gasteiger charge is -2.34. The quantitative estimate of drug-likeness (QED) is 0.818. The monoisotopic (exact) mass is 254 g/mol. The molecular formula is C15H30N2O. The summed E-state index contributed by atoms with van der Waals surface area (Å²) in [5, 5.41) is 3.55. The smallest absolute Gasteiger partial charge is 0.241 e. The second-order valence-corrected chi connectivity index (χ2v) is 6.45. The summed E-state index contributed by atoms with van der Waals surface area (Å²) >= 11 is 0. The highest BCUT2D eigenvalue weighted by atomic mass is 16.2. The van der Waals surface area contributed by atoms with E-state index in [4.69, 9.17) is 0 Å². The van der Waals surface area contributed by atoms with Crippen LogP contribution in [0, 0.1) is 17.8 Å². The van der Waals surface area contributed by atoms with Crippen LogP contribution >= 0.6 is 0 Å². The Balaban J connectivity index is 2.94. The Morgan fingerprint density at radius 3 is 2.11 bits per heavy atom. The molecule has 1 rings (SSSR count). The summed E-state index contributed by atoms with van der Waals surface area (Å²) in [6, 6.07) is 0.301. The maximum atomic E-state index is 12.6. The first-order chi connectivity index (χ1) is 8.31. The van der Waals surface area contributed by atoms with Crippen molar-refractivity contribution in [1.29, 1.82) is 0 Å². The second-order valence-electron chi connectivity index (χ2n) is 6.45. The van der Waals surface area contributed by atoms with E-state index in [1.807, 2.05) is 0 Å². The number of carbonyl (C=O) groups is 1. The zero-order valence-electron chi connectivity index (χ0n) is 13.0. The van der Waals surface area contributed by atoms with Gasteiger partial charge in [-0.15, -0.1) is 0 Å². The van der Waals surface area contributed by atoms with Gasteiger partial charge < -0.3 is 4.90 Å². The summed E-state index contributed by atoms with van der Waals surface area (Å²) in [6.07, 6.45) is 1.23. The van der Waals surface area contributed by atoms with Crippen molar-refractivity contribution in [3.8, 4) is 0 Å². The number of hydrogen-bond donors (Lipinski definition) is 1. The van der Waals surface area contributed by atoms with Gasteiger partial charge in [0.15, 0.2) is 0 Å². The highest BCUT2D eigenvalue weighted by Gasteiger charge is 2.44. The standard InChI is InChI=1S/C15H30N2O/c1-8-11(6)13-15(18)17(12(7)9(2)3)14(16-13)10(4)5/h9-14,16H,8H2,1-7H3. The van der Waals surface area contributed by atoms with Crippen molar-refractivity contribution in [2.24, 2.45) is 17.8 Å². The molecule has 3 heteroatoms. The summed E-state index contributed by atoms with van der Waals surface area (Å²) in [7, 11) is 0. The van der Waals surface area contributed by atoms with E-state index in [1.165, 1.54) is 0 Å². The van der Waals surface area contributed by atoms with Crippen molar-refractivity contribution in [2.45, 2.75) is 73.1 Å². The molecular weight excluding hydrogens is 224 g/mol. The Kier molecular flexibility index (Phi) is 5.20. The van der Waals surface area contributed by atoms with Crippen LogP contribution in [0.25, 0.3) is 0 Å². The van der Waals surface area contributed by atoms with E-state index in [-0.39, 0.29) is 12.2 Å². The number of rotatable bonds is 5. The molecule has 1 saturated heterocycles. The molecule has 3 nitrogen and oxygen atoms in total. The third kappa shape index (κ3) is 2.87. The Labute approximate surface area is 112 Å². The average molecular weight is 254 g/mol. The summed E-state index contributed by atoms with van der Waals surface area (Å²) < 4.78 is 0. The highest BCUT2D eigenvalue weighted by Crippen LogP contribution is 2.27. The number of nitrogens with zero attached hydrogens (tertiary/aromatic N) is 1. The van der Waals surface area contributed by atoms with E-state index >= 15 is 0 Å². The van der Waals surface area contributed by atoms with Gasteiger partial charge in [-0.3, -0.25) is 10.1 Å². The van der Waals surface area contributed by atoms with E-state index in [0.717, 1.165) is 6.42 Å². The van der Waals surface area contributed by atoms with Crippen LogP contribution in [0.15, 0.2) is 0 Å². The van der Waals surface area contributed by atoms with Crippen LogP contribution in [0.2, 0.25) is 0 Å². The zero-order valence-corrected chi connectivity index (χ0v) is 13.0. The molecule has 0 radical (unpaired) electrons. The molecule has 0 aliphatic carbocycles. The first-order valence-electron chi connectivity index (χ1n) is 7.39. The van der Waals surface area contributed by atoms with Crippen molar-refractivity contribution < 1.29 is 4.79 Å². The lowest BCUT2D eigenvalue weighted by atomic mass is 9.98. The van der Waals surface area contributed by atoms with E-state index < -0.39 is 0 Å². The molecule has 1 amide bonds. The Bertz CT molecular complexity index is 288. The number of carbonyl (C=O) groups excluding carboxylic acids is 1. The molecule has 4 unspecified atom stereocenters. The van der Waals surface area contributed by atoms with Gasteiger partial charge in [0.2, 0.25) is 5.91 Å². The molecule has 1 N–H and O–H groups in total. The van der Waals surface area contributed by atoms with Gasteiger partial charge in [-0.2, -0.15) is 0 Å². The molecule has 18 heavy (non-hydrogen) atoms. The molecule has 106 valence electrons. The van der Waals surface area contributed by atoms with Gasteiger partial charge >= 0.3 is 0 Å². The molecule has 4 atom stereocenters. The molecule has 1 aliphatic rings. The van der Waals surface area contributed by atoms with E-state index in [9.17, 15) is 4.79 Å². The van der Waals surface area contributed by atoms with Crippen LogP contribution < -0.4 is 5.32 Å². The molecule has 0 aromatic carbocycles. The van der Waals surface area contributed by atoms with Gasteiger partial charge in [0, 0.05) is 6.04 Å². The minimum atomic E-state index is 0.00333. The number of hydrogen-bond acceptors (Lipinski definition) is 2. The third-order valence-electron chi connectivity index (χ3n) is 4.42. The molecule has 0 aromatic heterocycles. The van der Waals surface area contributed by atoms with Gasteiger partial charge in [-0.1, -0.05) is 48.0 Å². The van der Waals surface area contributed by atoms with Gasteiger partial charge in [0.1, 0.15) is 0 Å². The van der Waals surface area contributed by atoms with Gasteiger partial charge in [0.05, 0.1) is 12.2 Å². The van der Waals surface area contributed by atoms with Gasteiger partial charge in [-0.05, 0) is 24.7 Å². The Hall–Kier alpha value is -0.570. The second kappa shape index (κ2) is 6.05. The third-order valence-corrected chi connectivity index (χ3v) is 4.42. The van der Waals surface area contributed by atoms with Crippen LogP contribution in [0.3, 0.4) is 0 Å². The fourth-order valence-electron chi connectivity index (χ4n) is 2.57. The predicted octanol–water partition coefficient (Wildman–Crippen LogP) is 2.86. The lowest BCUT2D eigenvalue weighted by molar-refractivity contribution is -0.134. The van der Waals surface area contributed by atoms with E-state index in [2.05, 4.69) is 58.7 Å². The minimum absolute atomic E-state index is 0.00333. The van der Waals surface area contributed by atoms with Crippen LogP contribution in [0.1, 0.15) is 54.9 Å².